The summed E-state index contributed by atoms with van der Waals surface area (Å²) in [6.07, 6.45) is -0.834. The predicted octanol–water partition coefficient (Wildman–Crippen LogP) is 0.769. The summed E-state index contributed by atoms with van der Waals surface area (Å²) < 4.78 is 57.1. The first-order valence-corrected chi connectivity index (χ1v) is 5.92. The van der Waals surface area contributed by atoms with Gasteiger partial charge in [-0.2, -0.15) is 8.42 Å². The van der Waals surface area contributed by atoms with Crippen LogP contribution in [0.2, 0.25) is 0 Å². The number of carbonyl (C=O) groups is 1. The quantitative estimate of drug-likeness (QED) is 0.785. The van der Waals surface area contributed by atoms with E-state index >= 15 is 0 Å². The lowest BCUT2D eigenvalue weighted by Gasteiger charge is -2.13. The van der Waals surface area contributed by atoms with Crippen molar-refractivity contribution in [2.45, 2.75) is 11.7 Å². The molecule has 0 fully saturated rings. The molecule has 1 unspecified atom stereocenters. The molecule has 17 heavy (non-hydrogen) atoms. The average molecular weight is 265 g/mol. The Bertz CT molecular complexity index is 544. The molecule has 8 heteroatoms. The molecular weight excluding hydrogens is 256 g/mol. The highest BCUT2D eigenvalue weighted by Gasteiger charge is 2.30. The number of hydrogen-bond donors (Lipinski definition) is 2. The van der Waals surface area contributed by atoms with Gasteiger partial charge in [0.25, 0.3) is 10.1 Å². The van der Waals surface area contributed by atoms with Crippen molar-refractivity contribution in [3.63, 3.8) is 0 Å². The van der Waals surface area contributed by atoms with Crippen molar-refractivity contribution in [2.75, 3.05) is 0 Å². The van der Waals surface area contributed by atoms with E-state index in [0.717, 1.165) is 18.2 Å². The number of benzene rings is 1. The van der Waals surface area contributed by atoms with Crippen molar-refractivity contribution in [1.29, 1.82) is 0 Å². The summed E-state index contributed by atoms with van der Waals surface area (Å²) in [6, 6.07) is 2.80. The maximum atomic E-state index is 13.3. The Morgan fingerprint density at radius 3 is 2.47 bits per heavy atom. The molecule has 0 bridgehead atoms. The van der Waals surface area contributed by atoms with E-state index in [0.29, 0.717) is 0 Å². The van der Waals surface area contributed by atoms with Crippen molar-refractivity contribution in [3.05, 3.63) is 35.4 Å². The van der Waals surface area contributed by atoms with Crippen LogP contribution >= 0.6 is 0 Å². The Kier molecular flexibility index (Phi) is 3.79. The van der Waals surface area contributed by atoms with Crippen LogP contribution in [0.4, 0.5) is 8.78 Å². The molecule has 1 atom stereocenters. The second kappa shape index (κ2) is 4.76. The Balaban J connectivity index is 3.32. The average Bonchev–Trinajstić information content (AvgIpc) is 2.17. The molecule has 0 radical (unpaired) electrons. The molecule has 1 aromatic carbocycles. The van der Waals surface area contributed by atoms with Gasteiger partial charge in [-0.15, -0.1) is 0 Å². The molecule has 0 saturated heterocycles. The third-order valence-corrected chi connectivity index (χ3v) is 3.21. The molecule has 94 valence electrons. The fraction of sp³-hybridized carbons (Fsp3) is 0.222. The Morgan fingerprint density at radius 2 is 2.00 bits per heavy atom. The van der Waals surface area contributed by atoms with E-state index in [-0.39, 0.29) is 0 Å². The molecule has 0 heterocycles. The van der Waals surface area contributed by atoms with E-state index < -0.39 is 44.9 Å². The van der Waals surface area contributed by atoms with Gasteiger partial charge in [0.2, 0.25) is 5.91 Å². The molecule has 3 N–H and O–H groups in total. The van der Waals surface area contributed by atoms with Crippen LogP contribution in [0.3, 0.4) is 0 Å². The zero-order chi connectivity index (χ0) is 13.2. The maximum Gasteiger partial charge on any atom is 0.272 e. The molecule has 0 spiro atoms. The number of carbonyl (C=O) groups excluding carboxylic acids is 1. The standard InChI is InChI=1S/C9H9F2NO4S/c10-6-3-1-2-5(9(6)11)7(4-8(12)13)17(14,15)16/h1-3,7H,4H2,(H2,12,13)(H,14,15,16). The van der Waals surface area contributed by atoms with Gasteiger partial charge < -0.3 is 5.73 Å². The summed E-state index contributed by atoms with van der Waals surface area (Å²) in [7, 11) is -4.76. The first-order chi connectivity index (χ1) is 7.73. The highest BCUT2D eigenvalue weighted by Crippen LogP contribution is 2.28. The fourth-order valence-electron chi connectivity index (χ4n) is 1.33. The van der Waals surface area contributed by atoms with Gasteiger partial charge in [0.05, 0.1) is 0 Å². The zero-order valence-electron chi connectivity index (χ0n) is 8.43. The number of nitrogens with two attached hydrogens (primary N) is 1. The van der Waals surface area contributed by atoms with Gasteiger partial charge in [0, 0.05) is 12.0 Å². The smallest absolute Gasteiger partial charge is 0.272 e. The predicted molar refractivity (Wildman–Crippen MR) is 54.5 cm³/mol. The van der Waals surface area contributed by atoms with Crippen LogP contribution in [0.15, 0.2) is 18.2 Å². The zero-order valence-corrected chi connectivity index (χ0v) is 9.25. The van der Waals surface area contributed by atoms with Crippen molar-refractivity contribution in [3.8, 4) is 0 Å². The van der Waals surface area contributed by atoms with Gasteiger partial charge in [0.1, 0.15) is 5.25 Å². The Labute approximate surface area is 96.0 Å². The second-order valence-corrected chi connectivity index (χ2v) is 4.92. The summed E-state index contributed by atoms with van der Waals surface area (Å²) in [5, 5.41) is -1.91. The van der Waals surface area contributed by atoms with Crippen LogP contribution < -0.4 is 5.73 Å². The lowest BCUT2D eigenvalue weighted by atomic mass is 10.1. The highest BCUT2D eigenvalue weighted by molar-refractivity contribution is 7.86. The summed E-state index contributed by atoms with van der Waals surface area (Å²) in [5.41, 5.74) is 4.15. The summed E-state index contributed by atoms with van der Waals surface area (Å²) in [6.45, 7) is 0. The van der Waals surface area contributed by atoms with E-state index in [2.05, 4.69) is 0 Å². The third kappa shape index (κ3) is 3.21. The molecule has 1 aromatic rings. The first-order valence-electron chi connectivity index (χ1n) is 4.42. The van der Waals surface area contributed by atoms with E-state index in [1.165, 1.54) is 0 Å². The van der Waals surface area contributed by atoms with Gasteiger partial charge >= 0.3 is 0 Å². The summed E-state index contributed by atoms with van der Waals surface area (Å²) in [4.78, 5) is 10.7. The van der Waals surface area contributed by atoms with Gasteiger partial charge in [-0.1, -0.05) is 12.1 Å². The van der Waals surface area contributed by atoms with Gasteiger partial charge in [0.15, 0.2) is 11.6 Å². The number of primary amides is 1. The van der Waals surface area contributed by atoms with Crippen LogP contribution in [-0.2, 0) is 14.9 Å². The molecular formula is C9H9F2NO4S. The van der Waals surface area contributed by atoms with Crippen LogP contribution in [0, 0.1) is 11.6 Å². The Hall–Kier alpha value is -1.54. The van der Waals surface area contributed by atoms with Crippen molar-refractivity contribution in [1.82, 2.24) is 0 Å². The first kappa shape index (κ1) is 13.5. The lowest BCUT2D eigenvalue weighted by Crippen LogP contribution is -2.22. The topological polar surface area (TPSA) is 97.5 Å². The molecule has 0 aliphatic heterocycles. The molecule has 1 amide bonds. The second-order valence-electron chi connectivity index (χ2n) is 3.32. The minimum absolute atomic E-state index is 0.633. The largest absolute Gasteiger partial charge is 0.370 e. The molecule has 0 aromatic heterocycles. The van der Waals surface area contributed by atoms with Gasteiger partial charge in [-0.05, 0) is 6.07 Å². The van der Waals surface area contributed by atoms with E-state index in [4.69, 9.17) is 10.3 Å². The van der Waals surface area contributed by atoms with Crippen LogP contribution in [0.5, 0.6) is 0 Å². The Morgan fingerprint density at radius 1 is 1.41 bits per heavy atom. The normalized spacial score (nSPS) is 13.4. The van der Waals surface area contributed by atoms with Crippen molar-refractivity contribution < 1.29 is 26.5 Å². The van der Waals surface area contributed by atoms with Gasteiger partial charge in [-0.25, -0.2) is 8.78 Å². The third-order valence-electron chi connectivity index (χ3n) is 2.07. The monoisotopic (exact) mass is 265 g/mol. The van der Waals surface area contributed by atoms with Crippen molar-refractivity contribution in [2.24, 2.45) is 5.73 Å². The lowest BCUT2D eigenvalue weighted by molar-refractivity contribution is -0.118. The molecule has 1 rings (SSSR count). The number of halogens is 2. The van der Waals surface area contributed by atoms with E-state index in [9.17, 15) is 22.0 Å². The van der Waals surface area contributed by atoms with E-state index in [1.807, 2.05) is 0 Å². The number of amides is 1. The summed E-state index contributed by atoms with van der Waals surface area (Å²) >= 11 is 0. The molecule has 0 saturated carbocycles. The number of rotatable bonds is 4. The maximum absolute atomic E-state index is 13.3. The SMILES string of the molecule is NC(=O)CC(c1cccc(F)c1F)S(=O)(=O)O. The fourth-order valence-corrected chi connectivity index (χ4v) is 2.21. The molecule has 5 nitrogen and oxygen atoms in total. The molecule has 0 aliphatic carbocycles. The van der Waals surface area contributed by atoms with Crippen molar-refractivity contribution >= 4 is 16.0 Å². The van der Waals surface area contributed by atoms with Gasteiger partial charge in [-0.3, -0.25) is 9.35 Å². The highest BCUT2D eigenvalue weighted by atomic mass is 32.2. The minimum Gasteiger partial charge on any atom is -0.370 e. The van der Waals surface area contributed by atoms with Crippen LogP contribution in [0.25, 0.3) is 0 Å². The van der Waals surface area contributed by atoms with E-state index in [1.54, 1.807) is 0 Å². The number of hydrogen-bond acceptors (Lipinski definition) is 3. The van der Waals surface area contributed by atoms with Crippen LogP contribution in [0.1, 0.15) is 17.2 Å². The summed E-state index contributed by atoms with van der Waals surface area (Å²) in [5.74, 6) is -3.77. The minimum atomic E-state index is -4.76. The van der Waals surface area contributed by atoms with Crippen LogP contribution in [-0.4, -0.2) is 18.9 Å². The molecule has 0 aliphatic rings.